The molecule has 5 heteroatoms. The van der Waals surface area contributed by atoms with E-state index in [9.17, 15) is 4.79 Å². The van der Waals surface area contributed by atoms with Gasteiger partial charge in [0.15, 0.2) is 0 Å². The maximum absolute atomic E-state index is 12.4. The summed E-state index contributed by atoms with van der Waals surface area (Å²) in [6.07, 6.45) is 4.09. The smallest absolute Gasteiger partial charge is 0.278 e. The standard InChI is InChI=1S/C15H18N4O/c1-3-9-17-14-11-16-10-13(18-14)15(20)19(2)12-7-5-4-6-8-12/h4-8,10-11H,3,9H2,1-2H3,(H,17,18). The van der Waals surface area contributed by atoms with Crippen LogP contribution in [0.15, 0.2) is 42.7 Å². The Bertz CT molecular complexity index is 571. The molecule has 1 N–H and O–H groups in total. The largest absolute Gasteiger partial charge is 0.369 e. The van der Waals surface area contributed by atoms with Crippen molar-refractivity contribution in [3.05, 3.63) is 48.4 Å². The summed E-state index contributed by atoms with van der Waals surface area (Å²) in [5, 5.41) is 3.12. The second-order valence-electron chi connectivity index (χ2n) is 4.42. The van der Waals surface area contributed by atoms with E-state index in [1.165, 1.54) is 6.20 Å². The first-order chi connectivity index (χ1) is 9.72. The van der Waals surface area contributed by atoms with Crippen molar-refractivity contribution in [1.29, 1.82) is 0 Å². The first-order valence-electron chi connectivity index (χ1n) is 6.61. The predicted molar refractivity (Wildman–Crippen MR) is 80.0 cm³/mol. The van der Waals surface area contributed by atoms with Gasteiger partial charge in [0.05, 0.1) is 12.4 Å². The number of nitrogens with one attached hydrogen (secondary N) is 1. The molecule has 2 aromatic rings. The average Bonchev–Trinajstić information content (AvgIpc) is 2.52. The summed E-state index contributed by atoms with van der Waals surface area (Å²) in [5.41, 5.74) is 1.16. The molecule has 0 bridgehead atoms. The van der Waals surface area contributed by atoms with Crippen LogP contribution in [0.25, 0.3) is 0 Å². The van der Waals surface area contributed by atoms with Crippen LogP contribution in [0.1, 0.15) is 23.8 Å². The molecule has 0 saturated heterocycles. The van der Waals surface area contributed by atoms with E-state index in [4.69, 9.17) is 0 Å². The van der Waals surface area contributed by atoms with Crippen molar-refractivity contribution >= 4 is 17.4 Å². The summed E-state index contributed by atoms with van der Waals surface area (Å²) in [6.45, 7) is 2.87. The molecule has 0 saturated carbocycles. The maximum Gasteiger partial charge on any atom is 0.278 e. The molecule has 0 unspecified atom stereocenters. The minimum absolute atomic E-state index is 0.177. The number of carbonyl (C=O) groups is 1. The second kappa shape index (κ2) is 6.65. The lowest BCUT2D eigenvalue weighted by atomic mass is 10.3. The second-order valence-corrected chi connectivity index (χ2v) is 4.42. The number of nitrogens with zero attached hydrogens (tertiary/aromatic N) is 3. The van der Waals surface area contributed by atoms with E-state index in [2.05, 4.69) is 22.2 Å². The lowest BCUT2D eigenvalue weighted by Gasteiger charge is -2.16. The number of anilines is 2. The van der Waals surface area contributed by atoms with Crippen molar-refractivity contribution in [3.8, 4) is 0 Å². The Labute approximate surface area is 118 Å². The molecule has 0 spiro atoms. The van der Waals surface area contributed by atoms with Crippen molar-refractivity contribution in [1.82, 2.24) is 9.97 Å². The fourth-order valence-corrected chi connectivity index (χ4v) is 1.75. The molecule has 1 heterocycles. The first-order valence-corrected chi connectivity index (χ1v) is 6.61. The van der Waals surface area contributed by atoms with Gasteiger partial charge in [-0.15, -0.1) is 0 Å². The minimum Gasteiger partial charge on any atom is -0.369 e. The van der Waals surface area contributed by atoms with Gasteiger partial charge in [0, 0.05) is 19.3 Å². The molecular formula is C15H18N4O. The number of amides is 1. The van der Waals surface area contributed by atoms with Gasteiger partial charge in [0.1, 0.15) is 11.5 Å². The highest BCUT2D eigenvalue weighted by atomic mass is 16.2. The topological polar surface area (TPSA) is 58.1 Å². The van der Waals surface area contributed by atoms with Gasteiger partial charge in [-0.2, -0.15) is 0 Å². The highest BCUT2D eigenvalue weighted by Gasteiger charge is 2.15. The summed E-state index contributed by atoms with van der Waals surface area (Å²) in [6, 6.07) is 9.46. The molecule has 5 nitrogen and oxygen atoms in total. The zero-order valence-corrected chi connectivity index (χ0v) is 11.7. The number of para-hydroxylation sites is 1. The van der Waals surface area contributed by atoms with Crippen LogP contribution in [0.5, 0.6) is 0 Å². The van der Waals surface area contributed by atoms with Crippen LogP contribution in [0.3, 0.4) is 0 Å². The number of carbonyl (C=O) groups excluding carboxylic acids is 1. The number of hydrogen-bond donors (Lipinski definition) is 1. The molecule has 104 valence electrons. The fourth-order valence-electron chi connectivity index (χ4n) is 1.75. The van der Waals surface area contributed by atoms with Gasteiger partial charge in [-0.05, 0) is 18.6 Å². The number of aromatic nitrogens is 2. The molecule has 1 aromatic heterocycles. The van der Waals surface area contributed by atoms with Crippen LogP contribution < -0.4 is 10.2 Å². The molecule has 0 aliphatic carbocycles. The highest BCUT2D eigenvalue weighted by Crippen LogP contribution is 2.14. The lowest BCUT2D eigenvalue weighted by molar-refractivity contribution is 0.0988. The van der Waals surface area contributed by atoms with Gasteiger partial charge in [0.25, 0.3) is 5.91 Å². The summed E-state index contributed by atoms with van der Waals surface area (Å²) < 4.78 is 0. The minimum atomic E-state index is -0.177. The van der Waals surface area contributed by atoms with E-state index in [0.29, 0.717) is 11.5 Å². The number of hydrogen-bond acceptors (Lipinski definition) is 4. The van der Waals surface area contributed by atoms with Crippen molar-refractivity contribution in [3.63, 3.8) is 0 Å². The third-order valence-corrected chi connectivity index (χ3v) is 2.86. The molecule has 1 aromatic carbocycles. The number of benzene rings is 1. The Hall–Kier alpha value is -2.43. The molecule has 1 amide bonds. The van der Waals surface area contributed by atoms with Crippen LogP contribution in [-0.2, 0) is 0 Å². The van der Waals surface area contributed by atoms with Crippen LogP contribution in [0.2, 0.25) is 0 Å². The van der Waals surface area contributed by atoms with E-state index in [0.717, 1.165) is 18.7 Å². The summed E-state index contributed by atoms with van der Waals surface area (Å²) in [5.74, 6) is 0.447. The van der Waals surface area contributed by atoms with Gasteiger partial charge < -0.3 is 10.2 Å². The third kappa shape index (κ3) is 3.32. The molecule has 0 radical (unpaired) electrons. The monoisotopic (exact) mass is 270 g/mol. The van der Waals surface area contributed by atoms with Gasteiger partial charge in [0.2, 0.25) is 0 Å². The Morgan fingerprint density at radius 1 is 1.25 bits per heavy atom. The average molecular weight is 270 g/mol. The summed E-state index contributed by atoms with van der Waals surface area (Å²) in [4.78, 5) is 22.3. The Morgan fingerprint density at radius 3 is 2.70 bits per heavy atom. The first kappa shape index (κ1) is 14.0. The Balaban J connectivity index is 2.16. The molecule has 0 aliphatic heterocycles. The van der Waals surface area contributed by atoms with Crippen LogP contribution in [0.4, 0.5) is 11.5 Å². The molecular weight excluding hydrogens is 252 g/mol. The van der Waals surface area contributed by atoms with E-state index >= 15 is 0 Å². The molecule has 20 heavy (non-hydrogen) atoms. The van der Waals surface area contributed by atoms with Gasteiger partial charge >= 0.3 is 0 Å². The Kier molecular flexibility index (Phi) is 4.65. The van der Waals surface area contributed by atoms with E-state index in [1.807, 2.05) is 30.3 Å². The van der Waals surface area contributed by atoms with Crippen molar-refractivity contribution < 1.29 is 4.79 Å². The quantitative estimate of drug-likeness (QED) is 0.907. The van der Waals surface area contributed by atoms with E-state index in [-0.39, 0.29) is 5.91 Å². The maximum atomic E-state index is 12.4. The summed E-state index contributed by atoms with van der Waals surface area (Å²) >= 11 is 0. The van der Waals surface area contributed by atoms with Gasteiger partial charge in [-0.25, -0.2) is 4.98 Å². The van der Waals surface area contributed by atoms with Crippen molar-refractivity contribution in [2.24, 2.45) is 0 Å². The highest BCUT2D eigenvalue weighted by molar-refractivity contribution is 6.04. The molecule has 0 aliphatic rings. The van der Waals surface area contributed by atoms with Crippen LogP contribution in [0, 0.1) is 0 Å². The lowest BCUT2D eigenvalue weighted by Crippen LogP contribution is -2.27. The summed E-state index contributed by atoms with van der Waals surface area (Å²) in [7, 11) is 1.73. The fraction of sp³-hybridized carbons (Fsp3) is 0.267. The van der Waals surface area contributed by atoms with Crippen LogP contribution in [-0.4, -0.2) is 29.5 Å². The molecule has 0 fully saturated rings. The zero-order chi connectivity index (χ0) is 14.4. The van der Waals surface area contributed by atoms with Crippen molar-refractivity contribution in [2.75, 3.05) is 23.8 Å². The molecule has 0 atom stereocenters. The third-order valence-electron chi connectivity index (χ3n) is 2.86. The predicted octanol–water partition coefficient (Wildman–Crippen LogP) is 2.58. The van der Waals surface area contributed by atoms with Crippen molar-refractivity contribution in [2.45, 2.75) is 13.3 Å². The van der Waals surface area contributed by atoms with Gasteiger partial charge in [-0.3, -0.25) is 9.78 Å². The van der Waals surface area contributed by atoms with E-state index in [1.54, 1.807) is 18.1 Å². The van der Waals surface area contributed by atoms with Gasteiger partial charge in [-0.1, -0.05) is 25.1 Å². The SMILES string of the molecule is CCCNc1cncc(C(=O)N(C)c2ccccc2)n1. The Morgan fingerprint density at radius 2 is 2.00 bits per heavy atom. The molecule has 2 rings (SSSR count). The van der Waals surface area contributed by atoms with E-state index < -0.39 is 0 Å². The van der Waals surface area contributed by atoms with Crippen LogP contribution >= 0.6 is 0 Å². The zero-order valence-electron chi connectivity index (χ0n) is 11.7. The normalized spacial score (nSPS) is 10.1. The number of rotatable bonds is 5.